The number of nitrogens with zero attached hydrogens (tertiary/aromatic N) is 3. The van der Waals surface area contributed by atoms with Gasteiger partial charge in [0.25, 0.3) is 5.91 Å². The molecule has 0 fully saturated rings. The highest BCUT2D eigenvalue weighted by atomic mass is 32.1. The van der Waals surface area contributed by atoms with Gasteiger partial charge in [0.05, 0.1) is 11.9 Å². The maximum atomic E-state index is 13.8. The lowest BCUT2D eigenvalue weighted by molar-refractivity contribution is 0.103. The highest BCUT2D eigenvalue weighted by molar-refractivity contribution is 7.17. The van der Waals surface area contributed by atoms with Gasteiger partial charge < -0.3 is 5.32 Å². The van der Waals surface area contributed by atoms with Crippen molar-refractivity contribution >= 4 is 23.1 Å². The van der Waals surface area contributed by atoms with Crippen molar-refractivity contribution in [2.24, 2.45) is 0 Å². The van der Waals surface area contributed by atoms with Gasteiger partial charge in [-0.15, -0.1) is 11.3 Å². The van der Waals surface area contributed by atoms with E-state index < -0.39 is 0 Å². The molecular formula is C19H13FN4OS. The minimum absolute atomic E-state index is 0.330. The molecule has 0 aliphatic rings. The second-order valence-corrected chi connectivity index (χ2v) is 6.48. The van der Waals surface area contributed by atoms with Crippen molar-refractivity contribution in [3.63, 3.8) is 0 Å². The third-order valence-corrected chi connectivity index (χ3v) is 4.71. The Labute approximate surface area is 152 Å². The average Bonchev–Trinajstić information content (AvgIpc) is 3.33. The van der Waals surface area contributed by atoms with Crippen LogP contribution in [0.1, 0.15) is 9.67 Å². The minimum Gasteiger partial charge on any atom is -0.304 e. The first kappa shape index (κ1) is 16.2. The molecule has 1 N–H and O–H groups in total. The van der Waals surface area contributed by atoms with E-state index in [2.05, 4.69) is 15.4 Å². The molecule has 2 heterocycles. The van der Waals surface area contributed by atoms with Crippen LogP contribution in [0.2, 0.25) is 0 Å². The summed E-state index contributed by atoms with van der Waals surface area (Å²) in [4.78, 5) is 16.9. The van der Waals surface area contributed by atoms with Crippen molar-refractivity contribution in [2.45, 2.75) is 0 Å². The lowest BCUT2D eigenvalue weighted by atomic mass is 10.2. The number of halogens is 1. The molecule has 26 heavy (non-hydrogen) atoms. The second kappa shape index (κ2) is 6.89. The maximum Gasteiger partial charge on any atom is 0.268 e. The van der Waals surface area contributed by atoms with E-state index in [4.69, 9.17) is 0 Å². The number of rotatable bonds is 4. The molecule has 0 atom stereocenters. The van der Waals surface area contributed by atoms with Gasteiger partial charge in [-0.25, -0.2) is 14.1 Å². The van der Waals surface area contributed by atoms with Crippen LogP contribution < -0.4 is 5.32 Å². The van der Waals surface area contributed by atoms with Gasteiger partial charge in [0.1, 0.15) is 15.7 Å². The number of aromatic nitrogens is 3. The molecule has 0 aliphatic carbocycles. The number of thiazole rings is 1. The number of hydrogen-bond donors (Lipinski definition) is 1. The van der Waals surface area contributed by atoms with Crippen molar-refractivity contribution in [2.75, 3.05) is 5.32 Å². The maximum absolute atomic E-state index is 13.8. The fourth-order valence-electron chi connectivity index (χ4n) is 2.43. The quantitative estimate of drug-likeness (QED) is 0.584. The van der Waals surface area contributed by atoms with E-state index in [1.54, 1.807) is 35.1 Å². The first-order valence-electron chi connectivity index (χ1n) is 7.84. The Morgan fingerprint density at radius 2 is 1.81 bits per heavy atom. The van der Waals surface area contributed by atoms with Gasteiger partial charge in [0, 0.05) is 17.8 Å². The monoisotopic (exact) mass is 364 g/mol. The summed E-state index contributed by atoms with van der Waals surface area (Å²) in [5.41, 5.74) is 1.28. The van der Waals surface area contributed by atoms with Gasteiger partial charge in [-0.1, -0.05) is 30.3 Å². The predicted molar refractivity (Wildman–Crippen MR) is 99.0 cm³/mol. The SMILES string of the molecule is O=C(Nc1ccn(-c2ccccc2)n1)c1cnc(-c2ccccc2F)s1. The number of carbonyl (C=O) groups is 1. The van der Waals surface area contributed by atoms with E-state index in [0.717, 1.165) is 17.0 Å². The summed E-state index contributed by atoms with van der Waals surface area (Å²) in [5, 5.41) is 7.53. The smallest absolute Gasteiger partial charge is 0.268 e. The van der Waals surface area contributed by atoms with Gasteiger partial charge in [-0.2, -0.15) is 5.10 Å². The molecule has 0 unspecified atom stereocenters. The van der Waals surface area contributed by atoms with E-state index >= 15 is 0 Å². The van der Waals surface area contributed by atoms with Crippen molar-refractivity contribution < 1.29 is 9.18 Å². The zero-order valence-corrected chi connectivity index (χ0v) is 14.3. The van der Waals surface area contributed by atoms with Gasteiger partial charge in [-0.3, -0.25) is 4.79 Å². The van der Waals surface area contributed by atoms with Gasteiger partial charge in [0.15, 0.2) is 5.82 Å². The molecular weight excluding hydrogens is 351 g/mol. The second-order valence-electron chi connectivity index (χ2n) is 5.44. The van der Waals surface area contributed by atoms with Crippen molar-refractivity contribution in [3.8, 4) is 16.3 Å². The number of para-hydroxylation sites is 1. The summed E-state index contributed by atoms with van der Waals surface area (Å²) >= 11 is 1.13. The molecule has 2 aromatic carbocycles. The summed E-state index contributed by atoms with van der Waals surface area (Å²) in [6.07, 6.45) is 3.21. The predicted octanol–water partition coefficient (Wildman–Crippen LogP) is 4.39. The first-order chi connectivity index (χ1) is 12.7. The molecule has 128 valence electrons. The molecule has 0 radical (unpaired) electrons. The number of carbonyl (C=O) groups excluding carboxylic acids is 1. The molecule has 0 aliphatic heterocycles. The topological polar surface area (TPSA) is 59.8 Å². The van der Waals surface area contributed by atoms with Crippen LogP contribution in [-0.2, 0) is 0 Å². The highest BCUT2D eigenvalue weighted by Gasteiger charge is 2.15. The van der Waals surface area contributed by atoms with Crippen LogP contribution in [0.15, 0.2) is 73.1 Å². The highest BCUT2D eigenvalue weighted by Crippen LogP contribution is 2.27. The molecule has 5 nitrogen and oxygen atoms in total. The van der Waals surface area contributed by atoms with E-state index in [-0.39, 0.29) is 11.7 Å². The van der Waals surface area contributed by atoms with E-state index in [0.29, 0.717) is 21.3 Å². The summed E-state index contributed by atoms with van der Waals surface area (Å²) in [5.74, 6) is -0.265. The lowest BCUT2D eigenvalue weighted by Crippen LogP contribution is -2.11. The fourth-order valence-corrected chi connectivity index (χ4v) is 3.27. The standard InChI is InChI=1S/C19H13FN4OS/c20-15-9-5-4-8-14(15)19-21-12-16(26-19)18(25)22-17-10-11-24(23-17)13-6-2-1-3-7-13/h1-12H,(H,22,23,25). The number of anilines is 1. The molecule has 1 amide bonds. The van der Waals surface area contributed by atoms with Crippen LogP contribution in [-0.4, -0.2) is 20.7 Å². The normalized spacial score (nSPS) is 10.7. The number of nitrogens with one attached hydrogen (secondary N) is 1. The van der Waals surface area contributed by atoms with Gasteiger partial charge in [-0.05, 0) is 24.3 Å². The van der Waals surface area contributed by atoms with Crippen molar-refractivity contribution in [1.29, 1.82) is 0 Å². The Hall–Kier alpha value is -3.32. The molecule has 0 saturated carbocycles. The Morgan fingerprint density at radius 1 is 1.04 bits per heavy atom. The summed E-state index contributed by atoms with van der Waals surface area (Å²) in [6, 6.07) is 17.7. The molecule has 4 aromatic rings. The number of benzene rings is 2. The minimum atomic E-state index is -0.365. The van der Waals surface area contributed by atoms with E-state index in [1.165, 1.54) is 12.3 Å². The number of amides is 1. The molecule has 0 spiro atoms. The van der Waals surface area contributed by atoms with Gasteiger partial charge in [0.2, 0.25) is 0 Å². The van der Waals surface area contributed by atoms with Crippen molar-refractivity contribution in [1.82, 2.24) is 14.8 Å². The van der Waals surface area contributed by atoms with E-state index in [9.17, 15) is 9.18 Å². The largest absolute Gasteiger partial charge is 0.304 e. The van der Waals surface area contributed by atoms with Crippen LogP contribution in [0, 0.1) is 5.82 Å². The number of hydrogen-bond acceptors (Lipinski definition) is 4. The Bertz CT molecular complexity index is 1060. The zero-order valence-electron chi connectivity index (χ0n) is 13.5. The van der Waals surface area contributed by atoms with Crippen LogP contribution in [0.4, 0.5) is 10.2 Å². The third-order valence-electron chi connectivity index (χ3n) is 3.69. The van der Waals surface area contributed by atoms with Crippen LogP contribution in [0.3, 0.4) is 0 Å². The third kappa shape index (κ3) is 3.25. The molecule has 7 heteroatoms. The molecule has 2 aromatic heterocycles. The summed E-state index contributed by atoms with van der Waals surface area (Å²) in [7, 11) is 0. The van der Waals surface area contributed by atoms with Crippen molar-refractivity contribution in [3.05, 3.63) is 83.8 Å². The molecule has 4 rings (SSSR count). The molecule has 0 bridgehead atoms. The average molecular weight is 364 g/mol. The van der Waals surface area contributed by atoms with Crippen LogP contribution >= 0.6 is 11.3 Å². The molecule has 0 saturated heterocycles. The van der Waals surface area contributed by atoms with Gasteiger partial charge >= 0.3 is 0 Å². The summed E-state index contributed by atoms with van der Waals surface area (Å²) in [6.45, 7) is 0. The van der Waals surface area contributed by atoms with E-state index in [1.807, 2.05) is 30.3 Å². The van der Waals surface area contributed by atoms with Crippen LogP contribution in [0.5, 0.6) is 0 Å². The first-order valence-corrected chi connectivity index (χ1v) is 8.65. The summed E-state index contributed by atoms with van der Waals surface area (Å²) < 4.78 is 15.5. The van der Waals surface area contributed by atoms with Crippen LogP contribution in [0.25, 0.3) is 16.3 Å². The zero-order chi connectivity index (χ0) is 17.9. The Balaban J connectivity index is 1.51. The fraction of sp³-hybridized carbons (Fsp3) is 0. The lowest BCUT2D eigenvalue weighted by Gasteiger charge is -2.01. The Morgan fingerprint density at radius 3 is 2.62 bits per heavy atom. The Kier molecular flexibility index (Phi) is 4.28.